The predicted octanol–water partition coefficient (Wildman–Crippen LogP) is -2.35. The minimum atomic E-state index is -1.25. The number of aliphatic hydroxyl groups is 1. The molecule has 2 fully saturated rings. The number of alkyl halides is 1. The Morgan fingerprint density at radius 2 is 2.12 bits per heavy atom. The summed E-state index contributed by atoms with van der Waals surface area (Å²) in [7, 11) is 0. The number of guanidine groups is 2. The second-order valence-electron chi connectivity index (χ2n) is 9.15. The van der Waals surface area contributed by atoms with Crippen LogP contribution in [0.1, 0.15) is 23.6 Å². The quantitative estimate of drug-likeness (QED) is 0.267. The molecule has 0 unspecified atom stereocenters. The number of aromatic nitrogens is 1. The Morgan fingerprint density at radius 3 is 2.81 bits per heavy atom. The van der Waals surface area contributed by atoms with Crippen molar-refractivity contribution in [3.63, 3.8) is 0 Å². The molecule has 32 heavy (non-hydrogen) atoms. The third-order valence-electron chi connectivity index (χ3n) is 7.75. The molecule has 0 radical (unpaired) electrons. The largest absolute Gasteiger partial charge is 0.370 e. The summed E-state index contributed by atoms with van der Waals surface area (Å²) in [5.74, 6) is -1.02. The van der Waals surface area contributed by atoms with E-state index in [9.17, 15) is 14.7 Å². The molecule has 8 atom stereocenters. The lowest BCUT2D eigenvalue weighted by Crippen LogP contribution is -2.74. The van der Waals surface area contributed by atoms with Gasteiger partial charge in [0.25, 0.3) is 5.91 Å². The lowest BCUT2D eigenvalue weighted by Gasteiger charge is -2.51. The van der Waals surface area contributed by atoms with Crippen LogP contribution in [-0.4, -0.2) is 74.2 Å². The molecule has 170 valence electrons. The summed E-state index contributed by atoms with van der Waals surface area (Å²) in [6, 6.07) is 3.55. The number of halogens is 1. The average molecular weight is 462 g/mol. The minimum Gasteiger partial charge on any atom is -0.370 e. The van der Waals surface area contributed by atoms with Crippen LogP contribution in [-0.2, 0) is 4.79 Å². The van der Waals surface area contributed by atoms with E-state index in [1.54, 1.807) is 27.8 Å². The molecule has 8 N–H and O–H groups in total. The van der Waals surface area contributed by atoms with Crippen LogP contribution < -0.4 is 27.4 Å². The van der Waals surface area contributed by atoms with Gasteiger partial charge in [0.1, 0.15) is 11.2 Å². The second kappa shape index (κ2) is 6.07. The van der Waals surface area contributed by atoms with E-state index in [4.69, 9.17) is 23.1 Å². The zero-order valence-electron chi connectivity index (χ0n) is 17.2. The van der Waals surface area contributed by atoms with E-state index >= 15 is 0 Å². The summed E-state index contributed by atoms with van der Waals surface area (Å²) in [6.45, 7) is 2.07. The summed E-state index contributed by atoms with van der Waals surface area (Å²) in [5.41, 5.74) is 10.4. The molecule has 1 aliphatic carbocycles. The molecule has 13 heteroatoms. The van der Waals surface area contributed by atoms with Gasteiger partial charge in [-0.3, -0.25) is 9.59 Å². The Bertz CT molecular complexity index is 1100. The first kappa shape index (κ1) is 19.7. The van der Waals surface area contributed by atoms with Gasteiger partial charge in [-0.25, -0.2) is 9.98 Å². The molecular formula is C19H24ClN9O3. The number of nitrogens with one attached hydrogen (secondary N) is 3. The van der Waals surface area contributed by atoms with Gasteiger partial charge in [0.15, 0.2) is 30.0 Å². The summed E-state index contributed by atoms with van der Waals surface area (Å²) in [4.78, 5) is 35.8. The van der Waals surface area contributed by atoms with Crippen LogP contribution in [0.4, 0.5) is 0 Å². The number of nitrogens with zero attached hydrogens (tertiary/aromatic N) is 4. The lowest BCUT2D eigenvalue weighted by molar-refractivity contribution is -0.119. The van der Waals surface area contributed by atoms with Crippen molar-refractivity contribution in [2.45, 2.75) is 35.9 Å². The fraction of sp³-hybridized carbons (Fsp3) is 0.579. The Morgan fingerprint density at radius 1 is 1.38 bits per heavy atom. The van der Waals surface area contributed by atoms with Crippen LogP contribution in [0.25, 0.3) is 0 Å². The highest BCUT2D eigenvalue weighted by atomic mass is 35.5. The summed E-state index contributed by atoms with van der Waals surface area (Å²) in [5, 5.41) is 19.8. The fourth-order valence-corrected chi connectivity index (χ4v) is 7.34. The smallest absolute Gasteiger partial charge is 0.272 e. The van der Waals surface area contributed by atoms with E-state index < -0.39 is 34.9 Å². The zero-order valence-corrected chi connectivity index (χ0v) is 18.0. The number of hydrogen-bond acceptors (Lipinski definition) is 9. The number of carbonyl (C=O) groups excluding carboxylic acids is 2. The summed E-state index contributed by atoms with van der Waals surface area (Å²) >= 11 is 7.05. The van der Waals surface area contributed by atoms with Gasteiger partial charge in [0, 0.05) is 38.0 Å². The number of amides is 2. The number of nitrogens with two attached hydrogens (primary N) is 2. The van der Waals surface area contributed by atoms with Crippen molar-refractivity contribution in [3.05, 3.63) is 24.0 Å². The molecule has 1 saturated carbocycles. The van der Waals surface area contributed by atoms with Gasteiger partial charge in [0.05, 0.1) is 5.38 Å². The van der Waals surface area contributed by atoms with Crippen LogP contribution in [0.2, 0.25) is 0 Å². The molecule has 0 aromatic carbocycles. The van der Waals surface area contributed by atoms with Gasteiger partial charge in [0.2, 0.25) is 5.91 Å². The molecule has 1 saturated heterocycles. The van der Waals surface area contributed by atoms with Crippen molar-refractivity contribution in [1.82, 2.24) is 25.4 Å². The Hall–Kier alpha value is -2.99. The van der Waals surface area contributed by atoms with Crippen molar-refractivity contribution < 1.29 is 14.7 Å². The summed E-state index contributed by atoms with van der Waals surface area (Å²) in [6.07, 6.45) is -0.0117. The predicted molar refractivity (Wildman–Crippen MR) is 114 cm³/mol. The molecule has 5 aliphatic rings. The average Bonchev–Trinajstić information content (AvgIpc) is 3.48. The Kier molecular flexibility index (Phi) is 3.73. The van der Waals surface area contributed by atoms with E-state index in [2.05, 4.69) is 25.9 Å². The highest BCUT2D eigenvalue weighted by Crippen LogP contribution is 2.63. The molecule has 2 amide bonds. The zero-order chi connectivity index (χ0) is 22.6. The van der Waals surface area contributed by atoms with Gasteiger partial charge in [-0.2, -0.15) is 0 Å². The minimum absolute atomic E-state index is 0.0733. The molecular weight excluding hydrogens is 438 g/mol. The number of fused-ring (bicyclic) bond motifs is 4. The van der Waals surface area contributed by atoms with E-state index in [0.717, 1.165) is 0 Å². The molecule has 2 spiro atoms. The van der Waals surface area contributed by atoms with E-state index in [1.807, 2.05) is 0 Å². The summed E-state index contributed by atoms with van der Waals surface area (Å²) < 4.78 is 1.80. The first-order chi connectivity index (χ1) is 15.2. The highest BCUT2D eigenvalue weighted by Gasteiger charge is 2.79. The maximum atomic E-state index is 13.6. The first-order valence-electron chi connectivity index (χ1n) is 10.5. The van der Waals surface area contributed by atoms with Crippen molar-refractivity contribution >= 4 is 35.3 Å². The SMILES string of the molecule is CC(=O)NC[C@@H]1[C@@H]2CN3C(=O)c4cccn4[C@@H]4N=C(N)N[C@@]43[C@@H]2[C@]2(NC(N)=N[C@@H]2O)[C@@H]1Cl. The molecule has 4 aliphatic heterocycles. The molecule has 12 nitrogen and oxygen atoms in total. The van der Waals surface area contributed by atoms with E-state index in [1.165, 1.54) is 6.92 Å². The maximum absolute atomic E-state index is 13.6. The van der Waals surface area contributed by atoms with Crippen molar-refractivity contribution in [2.24, 2.45) is 39.2 Å². The Balaban J connectivity index is 1.54. The van der Waals surface area contributed by atoms with Crippen LogP contribution in [0.15, 0.2) is 28.3 Å². The van der Waals surface area contributed by atoms with Crippen LogP contribution >= 0.6 is 11.6 Å². The van der Waals surface area contributed by atoms with Crippen LogP contribution in [0.5, 0.6) is 0 Å². The highest BCUT2D eigenvalue weighted by molar-refractivity contribution is 6.22. The maximum Gasteiger partial charge on any atom is 0.272 e. The monoisotopic (exact) mass is 461 g/mol. The molecule has 5 heterocycles. The molecule has 1 aromatic heterocycles. The van der Waals surface area contributed by atoms with Crippen molar-refractivity contribution in [3.8, 4) is 0 Å². The second-order valence-corrected chi connectivity index (χ2v) is 9.62. The van der Waals surface area contributed by atoms with Gasteiger partial charge in [-0.05, 0) is 18.1 Å². The standard InChI is InChI=1S/C19H24ClN9O3/c1-7(30)23-5-8-9-6-29-13(31)10-3-2-4-28(10)14-19(29,27-16(21)24-14)11(9)18(12(8)20)15(32)25-17(22)26-18/h2-4,8-9,11-12,14-15,32H,5-6H2,1H3,(H,23,30)(H3,21,24,27)(H3,22,25,26)/t8-,9+,11+,12-,14+,15-,18+,19-/m1/s1. The topological polar surface area (TPSA) is 175 Å². The lowest BCUT2D eigenvalue weighted by atomic mass is 9.73. The van der Waals surface area contributed by atoms with Gasteiger partial charge in [-0.15, -0.1) is 11.6 Å². The third kappa shape index (κ3) is 2.07. The van der Waals surface area contributed by atoms with Gasteiger partial charge < -0.3 is 42.0 Å². The number of hydrogen-bond donors (Lipinski definition) is 6. The van der Waals surface area contributed by atoms with Crippen molar-refractivity contribution in [2.75, 3.05) is 13.1 Å². The van der Waals surface area contributed by atoms with Gasteiger partial charge >= 0.3 is 0 Å². The van der Waals surface area contributed by atoms with E-state index in [-0.39, 0.29) is 42.1 Å². The number of aliphatic imine (C=N–C) groups is 2. The molecule has 1 aromatic rings. The first-order valence-corrected chi connectivity index (χ1v) is 10.9. The molecule has 0 bridgehead atoms. The van der Waals surface area contributed by atoms with Crippen LogP contribution in [0.3, 0.4) is 0 Å². The Labute approximate surface area is 188 Å². The van der Waals surface area contributed by atoms with Crippen molar-refractivity contribution in [1.29, 1.82) is 0 Å². The van der Waals surface area contributed by atoms with Crippen LogP contribution in [0, 0.1) is 17.8 Å². The third-order valence-corrected chi connectivity index (χ3v) is 8.43. The van der Waals surface area contributed by atoms with E-state index in [0.29, 0.717) is 12.2 Å². The number of aliphatic hydroxyl groups excluding tert-OH is 1. The normalized spacial score (nSPS) is 43.1. The number of rotatable bonds is 2. The number of carbonyl (C=O) groups is 2. The van der Waals surface area contributed by atoms with Gasteiger partial charge in [-0.1, -0.05) is 0 Å². The molecule has 6 rings (SSSR count). The fourth-order valence-electron chi connectivity index (χ4n) is 6.76.